The average Bonchev–Trinajstić information content (AvgIpc) is 2.46. The minimum absolute atomic E-state index is 0.205. The smallest absolute Gasteiger partial charge is 0.163 e. The Balaban J connectivity index is 2.30. The summed E-state index contributed by atoms with van der Waals surface area (Å²) in [7, 11) is 0. The van der Waals surface area contributed by atoms with Crippen molar-refractivity contribution in [3.63, 3.8) is 0 Å². The fourth-order valence-electron chi connectivity index (χ4n) is 1.88. The van der Waals surface area contributed by atoms with E-state index in [0.717, 1.165) is 36.1 Å². The summed E-state index contributed by atoms with van der Waals surface area (Å²) in [5, 5.41) is 6.67. The van der Waals surface area contributed by atoms with Gasteiger partial charge >= 0.3 is 0 Å². The lowest BCUT2D eigenvalue weighted by Crippen LogP contribution is -2.20. The van der Waals surface area contributed by atoms with Crippen LogP contribution >= 0.6 is 0 Å². The minimum atomic E-state index is 0.205. The van der Waals surface area contributed by atoms with E-state index < -0.39 is 0 Å². The van der Waals surface area contributed by atoms with Crippen LogP contribution in [0.25, 0.3) is 11.4 Å². The molecule has 0 radical (unpaired) electrons. The van der Waals surface area contributed by atoms with Gasteiger partial charge in [-0.1, -0.05) is 51.1 Å². The molecule has 0 unspecified atom stereocenters. The Morgan fingerprint density at radius 1 is 0.952 bits per heavy atom. The van der Waals surface area contributed by atoms with E-state index in [-0.39, 0.29) is 5.41 Å². The highest BCUT2D eigenvalue weighted by Gasteiger charge is 2.11. The maximum Gasteiger partial charge on any atom is 0.163 e. The number of anilines is 2. The maximum absolute atomic E-state index is 4.63. The van der Waals surface area contributed by atoms with Crippen molar-refractivity contribution in [3.05, 3.63) is 36.4 Å². The predicted octanol–water partition coefficient (Wildman–Crippen LogP) is 4.03. The van der Waals surface area contributed by atoms with Crippen LogP contribution in [-0.4, -0.2) is 23.1 Å². The fourth-order valence-corrected chi connectivity index (χ4v) is 1.88. The van der Waals surface area contributed by atoms with Crippen LogP contribution in [0.15, 0.2) is 36.4 Å². The zero-order valence-electron chi connectivity index (χ0n) is 13.3. The van der Waals surface area contributed by atoms with Gasteiger partial charge in [-0.25, -0.2) is 9.97 Å². The summed E-state index contributed by atoms with van der Waals surface area (Å²) in [6.45, 7) is 10.4. The van der Waals surface area contributed by atoms with E-state index in [9.17, 15) is 0 Å². The van der Waals surface area contributed by atoms with E-state index >= 15 is 0 Å². The molecule has 112 valence electrons. The molecule has 0 fully saturated rings. The van der Waals surface area contributed by atoms with E-state index in [1.165, 1.54) is 0 Å². The largest absolute Gasteiger partial charge is 0.370 e. The first-order valence-corrected chi connectivity index (χ1v) is 7.40. The second-order valence-electron chi connectivity index (χ2n) is 6.27. The first-order valence-electron chi connectivity index (χ1n) is 7.40. The van der Waals surface area contributed by atoms with Crippen molar-refractivity contribution in [2.75, 3.05) is 23.7 Å². The van der Waals surface area contributed by atoms with Gasteiger partial charge in [0.1, 0.15) is 11.6 Å². The van der Waals surface area contributed by atoms with Crippen molar-refractivity contribution in [1.82, 2.24) is 9.97 Å². The van der Waals surface area contributed by atoms with Gasteiger partial charge in [0.05, 0.1) is 0 Å². The number of nitrogens with zero attached hydrogens (tertiary/aromatic N) is 2. The number of benzene rings is 1. The molecule has 0 saturated carbocycles. The van der Waals surface area contributed by atoms with Crippen molar-refractivity contribution in [2.24, 2.45) is 5.41 Å². The molecule has 0 saturated heterocycles. The van der Waals surface area contributed by atoms with Gasteiger partial charge < -0.3 is 10.6 Å². The molecule has 4 heteroatoms. The molecule has 1 aromatic carbocycles. The van der Waals surface area contributed by atoms with Gasteiger partial charge in [-0.3, -0.25) is 0 Å². The highest BCUT2D eigenvalue weighted by atomic mass is 15.1. The van der Waals surface area contributed by atoms with E-state index in [1.807, 2.05) is 36.4 Å². The predicted molar refractivity (Wildman–Crippen MR) is 89.6 cm³/mol. The lowest BCUT2D eigenvalue weighted by Gasteiger charge is -2.19. The third-order valence-corrected chi connectivity index (χ3v) is 2.92. The third-order valence-electron chi connectivity index (χ3n) is 2.92. The maximum atomic E-state index is 4.63. The fraction of sp³-hybridized carbons (Fsp3) is 0.412. The van der Waals surface area contributed by atoms with Crippen LogP contribution in [-0.2, 0) is 0 Å². The molecule has 2 rings (SSSR count). The van der Waals surface area contributed by atoms with Crippen molar-refractivity contribution in [3.8, 4) is 11.4 Å². The zero-order chi connectivity index (χ0) is 15.3. The molecule has 0 spiro atoms. The summed E-state index contributed by atoms with van der Waals surface area (Å²) in [5.74, 6) is 2.45. The van der Waals surface area contributed by atoms with Crippen LogP contribution < -0.4 is 10.6 Å². The summed E-state index contributed by atoms with van der Waals surface area (Å²) >= 11 is 0. The molecule has 2 N–H and O–H groups in total. The summed E-state index contributed by atoms with van der Waals surface area (Å²) in [6.07, 6.45) is 0. The lowest BCUT2D eigenvalue weighted by atomic mass is 9.97. The first-order chi connectivity index (χ1) is 9.98. The third kappa shape index (κ3) is 4.74. The standard InChI is InChI=1S/C17H24N4/c1-5-18-14-11-15(19-12-17(2,3)4)21-16(20-14)13-9-7-6-8-10-13/h6-11H,5,12H2,1-4H3,(H2,18,19,20,21). The number of hydrogen-bond acceptors (Lipinski definition) is 4. The molecule has 1 heterocycles. The number of nitrogens with one attached hydrogen (secondary N) is 2. The van der Waals surface area contributed by atoms with Crippen molar-refractivity contribution in [2.45, 2.75) is 27.7 Å². The van der Waals surface area contributed by atoms with E-state index in [1.54, 1.807) is 0 Å². The van der Waals surface area contributed by atoms with Crippen LogP contribution in [0.3, 0.4) is 0 Å². The van der Waals surface area contributed by atoms with Crippen molar-refractivity contribution in [1.29, 1.82) is 0 Å². The van der Waals surface area contributed by atoms with Crippen LogP contribution in [0.4, 0.5) is 11.6 Å². The molecule has 0 aliphatic carbocycles. The molecular formula is C17H24N4. The van der Waals surface area contributed by atoms with Gasteiger partial charge in [-0.2, -0.15) is 0 Å². The minimum Gasteiger partial charge on any atom is -0.370 e. The molecule has 1 aromatic heterocycles. The molecule has 21 heavy (non-hydrogen) atoms. The molecule has 0 amide bonds. The van der Waals surface area contributed by atoms with E-state index in [4.69, 9.17) is 0 Å². The molecule has 4 nitrogen and oxygen atoms in total. The molecule has 0 atom stereocenters. The lowest BCUT2D eigenvalue weighted by molar-refractivity contribution is 0.442. The quantitative estimate of drug-likeness (QED) is 0.870. The van der Waals surface area contributed by atoms with Gasteiger partial charge in [0.2, 0.25) is 0 Å². The monoisotopic (exact) mass is 284 g/mol. The average molecular weight is 284 g/mol. The van der Waals surface area contributed by atoms with Gasteiger partial charge in [0, 0.05) is 24.7 Å². The van der Waals surface area contributed by atoms with Crippen molar-refractivity contribution < 1.29 is 0 Å². The van der Waals surface area contributed by atoms with Gasteiger partial charge in [0.25, 0.3) is 0 Å². The van der Waals surface area contributed by atoms with Crippen LogP contribution in [0.5, 0.6) is 0 Å². The Bertz CT molecular complexity index is 573. The number of rotatable bonds is 5. The molecule has 0 aliphatic rings. The summed E-state index contributed by atoms with van der Waals surface area (Å²) in [5.41, 5.74) is 1.23. The SMILES string of the molecule is CCNc1cc(NCC(C)(C)C)nc(-c2ccccc2)n1. The van der Waals surface area contributed by atoms with E-state index in [0.29, 0.717) is 0 Å². The Kier molecular flexibility index (Phi) is 4.78. The van der Waals surface area contributed by atoms with Gasteiger partial charge in [-0.15, -0.1) is 0 Å². The van der Waals surface area contributed by atoms with Crippen LogP contribution in [0.1, 0.15) is 27.7 Å². The normalized spacial score (nSPS) is 11.2. The Hall–Kier alpha value is -2.10. The Morgan fingerprint density at radius 2 is 1.57 bits per heavy atom. The number of aromatic nitrogens is 2. The van der Waals surface area contributed by atoms with Gasteiger partial charge in [-0.05, 0) is 12.3 Å². The summed E-state index contributed by atoms with van der Waals surface area (Å²) in [6, 6.07) is 12.0. The topological polar surface area (TPSA) is 49.8 Å². The second-order valence-corrected chi connectivity index (χ2v) is 6.27. The second kappa shape index (κ2) is 6.57. The molecule has 2 aromatic rings. The summed E-state index contributed by atoms with van der Waals surface area (Å²) in [4.78, 5) is 9.20. The van der Waals surface area contributed by atoms with Gasteiger partial charge in [0.15, 0.2) is 5.82 Å². The Morgan fingerprint density at radius 3 is 2.14 bits per heavy atom. The summed E-state index contributed by atoms with van der Waals surface area (Å²) < 4.78 is 0. The number of hydrogen-bond donors (Lipinski definition) is 2. The zero-order valence-corrected chi connectivity index (χ0v) is 13.3. The molecule has 0 aliphatic heterocycles. The highest BCUT2D eigenvalue weighted by molar-refractivity contribution is 5.61. The molecule has 0 bridgehead atoms. The van der Waals surface area contributed by atoms with E-state index in [2.05, 4.69) is 48.3 Å². The first kappa shape index (κ1) is 15.3. The van der Waals surface area contributed by atoms with Crippen molar-refractivity contribution >= 4 is 11.6 Å². The molecular weight excluding hydrogens is 260 g/mol. The highest BCUT2D eigenvalue weighted by Crippen LogP contribution is 2.21. The Labute approximate surface area is 127 Å². The van der Waals surface area contributed by atoms with Crippen LogP contribution in [0.2, 0.25) is 0 Å². The van der Waals surface area contributed by atoms with Crippen LogP contribution in [0, 0.1) is 5.41 Å².